The van der Waals surface area contributed by atoms with Crippen LogP contribution in [0.5, 0.6) is 11.5 Å². The Morgan fingerprint density at radius 3 is 2.62 bits per heavy atom. The predicted octanol–water partition coefficient (Wildman–Crippen LogP) is 4.13. The van der Waals surface area contributed by atoms with Gasteiger partial charge in [0.1, 0.15) is 11.5 Å². The summed E-state index contributed by atoms with van der Waals surface area (Å²) in [6, 6.07) is 6.03. The Balaban J connectivity index is 0.00000363. The molecule has 1 saturated carbocycles. The first-order valence-corrected chi connectivity index (χ1v) is 11.7. The molecular weight excluding hydrogens is 521 g/mol. The van der Waals surface area contributed by atoms with E-state index >= 15 is 0 Å². The molecule has 0 unspecified atom stereocenters. The zero-order valence-electron chi connectivity index (χ0n) is 19.6. The van der Waals surface area contributed by atoms with Crippen LogP contribution in [0.15, 0.2) is 23.2 Å². The number of ether oxygens (including phenoxy) is 4. The van der Waals surface area contributed by atoms with Crippen molar-refractivity contribution in [2.45, 2.75) is 57.6 Å². The van der Waals surface area contributed by atoms with Gasteiger partial charge in [0.2, 0.25) is 0 Å². The maximum Gasteiger partial charge on any atom is 0.191 e. The van der Waals surface area contributed by atoms with Gasteiger partial charge in [0, 0.05) is 58.2 Å². The lowest BCUT2D eigenvalue weighted by atomic mass is 10.0. The van der Waals surface area contributed by atoms with Crippen LogP contribution in [0.3, 0.4) is 0 Å². The Kier molecular flexibility index (Phi) is 13.1. The van der Waals surface area contributed by atoms with E-state index in [9.17, 15) is 0 Å². The van der Waals surface area contributed by atoms with Gasteiger partial charge in [0.25, 0.3) is 0 Å². The number of halogens is 1. The number of rotatable bonds is 11. The summed E-state index contributed by atoms with van der Waals surface area (Å²) in [7, 11) is 3.48. The molecule has 1 saturated heterocycles. The summed E-state index contributed by atoms with van der Waals surface area (Å²) in [4.78, 5) is 4.34. The molecule has 0 spiro atoms. The second-order valence-electron chi connectivity index (χ2n) is 8.33. The van der Waals surface area contributed by atoms with Crippen molar-refractivity contribution >= 4 is 29.9 Å². The summed E-state index contributed by atoms with van der Waals surface area (Å²) in [5.41, 5.74) is 1.11. The Morgan fingerprint density at radius 2 is 1.91 bits per heavy atom. The molecule has 3 rings (SSSR count). The van der Waals surface area contributed by atoms with Crippen molar-refractivity contribution in [1.82, 2.24) is 10.6 Å². The van der Waals surface area contributed by atoms with E-state index in [-0.39, 0.29) is 24.0 Å². The smallest absolute Gasteiger partial charge is 0.191 e. The molecule has 0 radical (unpaired) electrons. The summed E-state index contributed by atoms with van der Waals surface area (Å²) in [5, 5.41) is 6.76. The first kappa shape index (κ1) is 27.0. The molecule has 1 aliphatic heterocycles. The van der Waals surface area contributed by atoms with Crippen LogP contribution in [-0.2, 0) is 16.0 Å². The molecule has 0 amide bonds. The van der Waals surface area contributed by atoms with Gasteiger partial charge in [-0.25, -0.2) is 0 Å². The number of benzene rings is 1. The average Bonchev–Trinajstić information content (AvgIpc) is 3.32. The van der Waals surface area contributed by atoms with Gasteiger partial charge in [0.15, 0.2) is 5.96 Å². The molecular formula is C24H40IN3O4. The fourth-order valence-corrected chi connectivity index (χ4v) is 4.05. The van der Waals surface area contributed by atoms with Gasteiger partial charge >= 0.3 is 0 Å². The number of aliphatic imine (C=N–C) groups is 1. The van der Waals surface area contributed by atoms with E-state index in [2.05, 4.69) is 21.7 Å². The SMILES string of the molecule is CN=C(NCCCOCC1CCOCC1)NCc1ccc(OC)cc1OC1CCCC1.I. The lowest BCUT2D eigenvalue weighted by Gasteiger charge is -2.21. The number of guanidine groups is 1. The van der Waals surface area contributed by atoms with Crippen molar-refractivity contribution in [2.24, 2.45) is 10.9 Å². The molecule has 2 N–H and O–H groups in total. The average molecular weight is 562 g/mol. The molecule has 1 heterocycles. The number of methoxy groups -OCH3 is 1. The van der Waals surface area contributed by atoms with Gasteiger partial charge in [-0.2, -0.15) is 0 Å². The van der Waals surface area contributed by atoms with Crippen LogP contribution in [0, 0.1) is 5.92 Å². The Labute approximate surface area is 210 Å². The Hall–Kier alpha value is -1.26. The van der Waals surface area contributed by atoms with Crippen molar-refractivity contribution in [3.8, 4) is 11.5 Å². The normalized spacial score (nSPS) is 17.6. The van der Waals surface area contributed by atoms with Crippen molar-refractivity contribution < 1.29 is 18.9 Å². The third-order valence-corrected chi connectivity index (χ3v) is 5.99. The van der Waals surface area contributed by atoms with Gasteiger partial charge in [-0.3, -0.25) is 4.99 Å². The highest BCUT2D eigenvalue weighted by molar-refractivity contribution is 14.0. The van der Waals surface area contributed by atoms with Crippen LogP contribution in [0.25, 0.3) is 0 Å². The summed E-state index contributed by atoms with van der Waals surface area (Å²) in [6.07, 6.45) is 8.24. The van der Waals surface area contributed by atoms with Crippen molar-refractivity contribution in [1.29, 1.82) is 0 Å². The third-order valence-electron chi connectivity index (χ3n) is 5.99. The molecule has 32 heavy (non-hydrogen) atoms. The monoisotopic (exact) mass is 561 g/mol. The zero-order valence-corrected chi connectivity index (χ0v) is 21.9. The highest BCUT2D eigenvalue weighted by atomic mass is 127. The minimum atomic E-state index is 0. The predicted molar refractivity (Wildman–Crippen MR) is 138 cm³/mol. The molecule has 1 aromatic carbocycles. The molecule has 0 bridgehead atoms. The molecule has 2 fully saturated rings. The van der Waals surface area contributed by atoms with E-state index in [0.717, 1.165) is 88.1 Å². The molecule has 8 heteroatoms. The second kappa shape index (κ2) is 15.6. The van der Waals surface area contributed by atoms with E-state index in [1.165, 1.54) is 12.8 Å². The molecule has 7 nitrogen and oxygen atoms in total. The molecule has 1 aromatic rings. The van der Waals surface area contributed by atoms with Crippen LogP contribution in [-0.4, -0.2) is 59.2 Å². The number of hydrogen-bond acceptors (Lipinski definition) is 5. The lowest BCUT2D eigenvalue weighted by molar-refractivity contribution is 0.0203. The van der Waals surface area contributed by atoms with E-state index in [1.54, 1.807) is 14.2 Å². The van der Waals surface area contributed by atoms with E-state index in [0.29, 0.717) is 18.6 Å². The number of nitrogens with one attached hydrogen (secondary N) is 2. The van der Waals surface area contributed by atoms with Crippen LogP contribution in [0.2, 0.25) is 0 Å². The minimum Gasteiger partial charge on any atom is -0.497 e. The van der Waals surface area contributed by atoms with Gasteiger partial charge in [-0.05, 0) is 63.0 Å². The number of hydrogen-bond donors (Lipinski definition) is 2. The quantitative estimate of drug-likeness (QED) is 0.183. The third kappa shape index (κ3) is 9.31. The maximum atomic E-state index is 6.29. The van der Waals surface area contributed by atoms with E-state index in [1.807, 2.05) is 12.1 Å². The maximum absolute atomic E-state index is 6.29. The van der Waals surface area contributed by atoms with Crippen molar-refractivity contribution in [2.75, 3.05) is 47.1 Å². The standard InChI is InChI=1S/C24H39N3O4.HI/c1-25-24(26-12-5-13-30-18-19-10-14-29-15-11-19)27-17-20-8-9-22(28-2)16-23(20)31-21-6-3-4-7-21;/h8-9,16,19,21H,3-7,10-15,17-18H2,1-2H3,(H2,25,26,27);1H. The van der Waals surface area contributed by atoms with E-state index in [4.69, 9.17) is 18.9 Å². The Morgan fingerprint density at radius 1 is 1.12 bits per heavy atom. The summed E-state index contributed by atoms with van der Waals surface area (Å²) >= 11 is 0. The van der Waals surface area contributed by atoms with Gasteiger partial charge in [-0.1, -0.05) is 0 Å². The van der Waals surface area contributed by atoms with Gasteiger partial charge < -0.3 is 29.6 Å². The van der Waals surface area contributed by atoms with Crippen LogP contribution < -0.4 is 20.1 Å². The summed E-state index contributed by atoms with van der Waals surface area (Å²) in [5.74, 6) is 3.16. The second-order valence-corrected chi connectivity index (χ2v) is 8.33. The van der Waals surface area contributed by atoms with Gasteiger partial charge in [0.05, 0.1) is 13.2 Å². The van der Waals surface area contributed by atoms with E-state index < -0.39 is 0 Å². The molecule has 0 aromatic heterocycles. The molecule has 0 atom stereocenters. The largest absolute Gasteiger partial charge is 0.497 e. The first-order chi connectivity index (χ1) is 15.3. The van der Waals surface area contributed by atoms with Crippen molar-refractivity contribution in [3.05, 3.63) is 23.8 Å². The molecule has 182 valence electrons. The molecule has 2 aliphatic rings. The number of nitrogens with zero attached hydrogens (tertiary/aromatic N) is 1. The molecule has 1 aliphatic carbocycles. The highest BCUT2D eigenvalue weighted by Crippen LogP contribution is 2.30. The topological polar surface area (TPSA) is 73.3 Å². The Bertz CT molecular complexity index is 677. The summed E-state index contributed by atoms with van der Waals surface area (Å²) in [6.45, 7) is 4.82. The van der Waals surface area contributed by atoms with Gasteiger partial charge in [-0.15, -0.1) is 24.0 Å². The minimum absolute atomic E-state index is 0. The van der Waals surface area contributed by atoms with Crippen LogP contribution >= 0.6 is 24.0 Å². The highest BCUT2D eigenvalue weighted by Gasteiger charge is 2.18. The first-order valence-electron chi connectivity index (χ1n) is 11.7. The fourth-order valence-electron chi connectivity index (χ4n) is 4.05. The lowest BCUT2D eigenvalue weighted by Crippen LogP contribution is -2.37. The van der Waals surface area contributed by atoms with Crippen LogP contribution in [0.4, 0.5) is 0 Å². The fraction of sp³-hybridized carbons (Fsp3) is 0.708. The summed E-state index contributed by atoms with van der Waals surface area (Å²) < 4.78 is 22.9. The zero-order chi connectivity index (χ0) is 21.7. The van der Waals surface area contributed by atoms with Crippen molar-refractivity contribution in [3.63, 3.8) is 0 Å². The van der Waals surface area contributed by atoms with Crippen LogP contribution in [0.1, 0.15) is 50.5 Å².